The van der Waals surface area contributed by atoms with Crippen molar-refractivity contribution >= 4 is 16.6 Å². The summed E-state index contributed by atoms with van der Waals surface area (Å²) in [6, 6.07) is 11.2. The fraction of sp³-hybridized carbons (Fsp3) is 0.471. The molecule has 106 valence electrons. The Kier molecular flexibility index (Phi) is 3.88. The summed E-state index contributed by atoms with van der Waals surface area (Å²) in [5, 5.41) is 4.92. The average molecular weight is 269 g/mol. The Morgan fingerprint density at radius 1 is 1.35 bits per heavy atom. The molecule has 0 radical (unpaired) electrons. The number of piperazine rings is 1. The highest BCUT2D eigenvalue weighted by Crippen LogP contribution is 2.27. The number of aromatic nitrogens is 1. The molecular weight excluding hydrogens is 246 g/mol. The highest BCUT2D eigenvalue weighted by Gasteiger charge is 2.24. The minimum atomic E-state index is 0.584. The number of pyridine rings is 1. The van der Waals surface area contributed by atoms with E-state index in [1.54, 1.807) is 0 Å². The highest BCUT2D eigenvalue weighted by molar-refractivity contribution is 5.91. The molecule has 0 saturated carbocycles. The summed E-state index contributed by atoms with van der Waals surface area (Å²) in [5.74, 6) is 0.714. The SMILES string of the molecule is CCC(C)C1CN(c2cccc3ncccc23)CCN1. The summed E-state index contributed by atoms with van der Waals surface area (Å²) in [6.45, 7) is 7.83. The molecular formula is C17H23N3. The number of anilines is 1. The number of fused-ring (bicyclic) bond motifs is 1. The fourth-order valence-corrected chi connectivity index (χ4v) is 3.03. The molecule has 1 N–H and O–H groups in total. The summed E-state index contributed by atoms with van der Waals surface area (Å²) < 4.78 is 0. The third-order valence-corrected chi connectivity index (χ3v) is 4.50. The van der Waals surface area contributed by atoms with E-state index in [4.69, 9.17) is 0 Å². The molecule has 1 saturated heterocycles. The van der Waals surface area contributed by atoms with Crippen LogP contribution in [0.25, 0.3) is 10.9 Å². The quantitative estimate of drug-likeness (QED) is 0.928. The molecule has 2 atom stereocenters. The number of rotatable bonds is 3. The van der Waals surface area contributed by atoms with Crippen molar-refractivity contribution in [1.82, 2.24) is 10.3 Å². The largest absolute Gasteiger partial charge is 0.368 e. The van der Waals surface area contributed by atoms with Crippen LogP contribution in [0, 0.1) is 5.92 Å². The average Bonchev–Trinajstić information content (AvgIpc) is 2.53. The first kappa shape index (κ1) is 13.4. The van der Waals surface area contributed by atoms with Gasteiger partial charge in [-0.1, -0.05) is 26.3 Å². The second kappa shape index (κ2) is 5.80. The van der Waals surface area contributed by atoms with Gasteiger partial charge in [-0.2, -0.15) is 0 Å². The minimum absolute atomic E-state index is 0.584. The Morgan fingerprint density at radius 3 is 3.10 bits per heavy atom. The van der Waals surface area contributed by atoms with E-state index in [0.717, 1.165) is 25.2 Å². The summed E-state index contributed by atoms with van der Waals surface area (Å²) in [4.78, 5) is 6.98. The molecule has 2 unspecified atom stereocenters. The highest BCUT2D eigenvalue weighted by atomic mass is 15.2. The van der Waals surface area contributed by atoms with Crippen molar-refractivity contribution in [3.63, 3.8) is 0 Å². The molecule has 3 heteroatoms. The third kappa shape index (κ3) is 2.50. The van der Waals surface area contributed by atoms with Gasteiger partial charge < -0.3 is 10.2 Å². The van der Waals surface area contributed by atoms with Crippen LogP contribution in [0.15, 0.2) is 36.5 Å². The van der Waals surface area contributed by atoms with Gasteiger partial charge in [-0.15, -0.1) is 0 Å². The maximum absolute atomic E-state index is 4.46. The standard InChI is InChI=1S/C17H23N3/c1-3-13(2)16-12-20(11-10-19-16)17-8-4-7-15-14(17)6-5-9-18-15/h4-9,13,16,19H,3,10-12H2,1-2H3. The number of nitrogens with zero attached hydrogens (tertiary/aromatic N) is 2. The van der Waals surface area contributed by atoms with E-state index >= 15 is 0 Å². The first-order chi connectivity index (χ1) is 9.79. The number of hydrogen-bond donors (Lipinski definition) is 1. The van der Waals surface area contributed by atoms with Gasteiger partial charge in [0.1, 0.15) is 0 Å². The normalized spacial score (nSPS) is 21.1. The molecule has 1 fully saturated rings. The van der Waals surface area contributed by atoms with E-state index in [0.29, 0.717) is 12.0 Å². The molecule has 2 heterocycles. The maximum atomic E-state index is 4.46. The molecule has 0 aliphatic carbocycles. The van der Waals surface area contributed by atoms with Gasteiger partial charge in [-0.25, -0.2) is 0 Å². The van der Waals surface area contributed by atoms with Gasteiger partial charge in [0.25, 0.3) is 0 Å². The lowest BCUT2D eigenvalue weighted by Gasteiger charge is -2.38. The van der Waals surface area contributed by atoms with Crippen LogP contribution in [0.3, 0.4) is 0 Å². The number of benzene rings is 1. The summed E-state index contributed by atoms with van der Waals surface area (Å²) >= 11 is 0. The van der Waals surface area contributed by atoms with E-state index in [-0.39, 0.29) is 0 Å². The van der Waals surface area contributed by atoms with Crippen LogP contribution in [-0.2, 0) is 0 Å². The summed E-state index contributed by atoms with van der Waals surface area (Å²) in [7, 11) is 0. The van der Waals surface area contributed by atoms with Crippen LogP contribution in [0.5, 0.6) is 0 Å². The molecule has 0 spiro atoms. The molecule has 1 aromatic heterocycles. The van der Waals surface area contributed by atoms with E-state index < -0.39 is 0 Å². The van der Waals surface area contributed by atoms with Crippen molar-refractivity contribution in [3.05, 3.63) is 36.5 Å². The zero-order valence-electron chi connectivity index (χ0n) is 12.3. The second-order valence-corrected chi connectivity index (χ2v) is 5.74. The van der Waals surface area contributed by atoms with Gasteiger partial charge in [0.05, 0.1) is 5.52 Å². The van der Waals surface area contributed by atoms with Gasteiger partial charge >= 0.3 is 0 Å². The molecule has 3 rings (SSSR count). The molecule has 1 aliphatic rings. The topological polar surface area (TPSA) is 28.2 Å². The zero-order valence-corrected chi connectivity index (χ0v) is 12.3. The Bertz CT molecular complexity index is 576. The zero-order chi connectivity index (χ0) is 13.9. The number of nitrogens with one attached hydrogen (secondary N) is 1. The Morgan fingerprint density at radius 2 is 2.25 bits per heavy atom. The van der Waals surface area contributed by atoms with Crippen molar-refractivity contribution in [3.8, 4) is 0 Å². The lowest BCUT2D eigenvalue weighted by Crippen LogP contribution is -2.53. The van der Waals surface area contributed by atoms with Crippen LogP contribution >= 0.6 is 0 Å². The lowest BCUT2D eigenvalue weighted by molar-refractivity contribution is 0.342. The summed E-state index contributed by atoms with van der Waals surface area (Å²) in [6.07, 6.45) is 3.09. The van der Waals surface area contributed by atoms with Gasteiger partial charge in [0.15, 0.2) is 0 Å². The van der Waals surface area contributed by atoms with Crippen molar-refractivity contribution in [2.24, 2.45) is 5.92 Å². The fourth-order valence-electron chi connectivity index (χ4n) is 3.03. The predicted molar refractivity (Wildman–Crippen MR) is 85.2 cm³/mol. The first-order valence-electron chi connectivity index (χ1n) is 7.61. The Hall–Kier alpha value is -1.61. The van der Waals surface area contributed by atoms with Crippen molar-refractivity contribution in [2.45, 2.75) is 26.3 Å². The third-order valence-electron chi connectivity index (χ3n) is 4.50. The lowest BCUT2D eigenvalue weighted by atomic mass is 9.96. The molecule has 3 nitrogen and oxygen atoms in total. The van der Waals surface area contributed by atoms with Crippen LogP contribution in [0.2, 0.25) is 0 Å². The van der Waals surface area contributed by atoms with E-state index in [1.165, 1.54) is 17.5 Å². The van der Waals surface area contributed by atoms with Gasteiger partial charge in [-0.05, 0) is 30.2 Å². The molecule has 0 amide bonds. The van der Waals surface area contributed by atoms with E-state index in [1.807, 2.05) is 12.3 Å². The number of hydrogen-bond acceptors (Lipinski definition) is 3. The summed E-state index contributed by atoms with van der Waals surface area (Å²) in [5.41, 5.74) is 2.41. The van der Waals surface area contributed by atoms with Crippen LogP contribution in [-0.4, -0.2) is 30.7 Å². The second-order valence-electron chi connectivity index (χ2n) is 5.74. The molecule has 0 bridgehead atoms. The van der Waals surface area contributed by atoms with Crippen LogP contribution < -0.4 is 10.2 Å². The van der Waals surface area contributed by atoms with Crippen LogP contribution in [0.4, 0.5) is 5.69 Å². The predicted octanol–water partition coefficient (Wildman–Crippen LogP) is 3.06. The Balaban J connectivity index is 1.91. The van der Waals surface area contributed by atoms with Gasteiger partial charge in [-0.3, -0.25) is 4.98 Å². The van der Waals surface area contributed by atoms with Crippen LogP contribution in [0.1, 0.15) is 20.3 Å². The Labute approximate surface area is 121 Å². The van der Waals surface area contributed by atoms with Crippen molar-refractivity contribution < 1.29 is 0 Å². The smallest absolute Gasteiger partial charge is 0.0722 e. The molecule has 1 aromatic carbocycles. The van der Waals surface area contributed by atoms with Gasteiger partial charge in [0, 0.05) is 42.9 Å². The van der Waals surface area contributed by atoms with E-state index in [2.05, 4.69) is 53.3 Å². The van der Waals surface area contributed by atoms with Gasteiger partial charge in [0.2, 0.25) is 0 Å². The van der Waals surface area contributed by atoms with Crippen molar-refractivity contribution in [1.29, 1.82) is 0 Å². The molecule has 20 heavy (non-hydrogen) atoms. The molecule has 1 aliphatic heterocycles. The first-order valence-corrected chi connectivity index (χ1v) is 7.61. The van der Waals surface area contributed by atoms with Crippen molar-refractivity contribution in [2.75, 3.05) is 24.5 Å². The minimum Gasteiger partial charge on any atom is -0.368 e. The maximum Gasteiger partial charge on any atom is 0.0722 e. The molecule has 2 aromatic rings. The monoisotopic (exact) mass is 269 g/mol. The van der Waals surface area contributed by atoms with E-state index in [9.17, 15) is 0 Å².